The number of amides is 2. The fraction of sp³-hybridized carbons (Fsp3) is 0.394. The van der Waals surface area contributed by atoms with Gasteiger partial charge in [-0.1, -0.05) is 26.0 Å². The molecule has 2 amide bonds. The van der Waals surface area contributed by atoms with Gasteiger partial charge in [0.25, 0.3) is 11.8 Å². The smallest absolute Gasteiger partial charge is 0.390 e. The quantitative estimate of drug-likeness (QED) is 0.226. The highest BCUT2D eigenvalue weighted by atomic mass is 19.4. The van der Waals surface area contributed by atoms with Crippen molar-refractivity contribution in [3.05, 3.63) is 106 Å². The molecule has 0 fully saturated rings. The SMILES string of the molecule is CCCN(CCC)C(=O)c1cc(C)cc(C(=O)N(Cc2cccc(C(F)(F)F)c2)C[C@@H](O)C(N)Cc2cc(F)cc(F)c2)c1. The van der Waals surface area contributed by atoms with Gasteiger partial charge in [0.15, 0.2) is 0 Å². The van der Waals surface area contributed by atoms with Crippen LogP contribution >= 0.6 is 0 Å². The number of rotatable bonds is 13. The Labute approximate surface area is 254 Å². The van der Waals surface area contributed by atoms with E-state index in [1.54, 1.807) is 24.0 Å². The Kier molecular flexibility index (Phi) is 12.0. The molecule has 3 N–H and O–H groups in total. The first kappa shape index (κ1) is 34.7. The molecule has 11 heteroatoms. The van der Waals surface area contributed by atoms with Gasteiger partial charge >= 0.3 is 6.18 Å². The number of carbonyl (C=O) groups excluding carboxylic acids is 2. The van der Waals surface area contributed by atoms with Crippen LogP contribution in [0.4, 0.5) is 22.0 Å². The van der Waals surface area contributed by atoms with Crippen LogP contribution in [0.15, 0.2) is 60.7 Å². The van der Waals surface area contributed by atoms with Crippen LogP contribution in [0.3, 0.4) is 0 Å². The number of hydrogen-bond donors (Lipinski definition) is 2. The summed E-state index contributed by atoms with van der Waals surface area (Å²) in [4.78, 5) is 30.1. The number of hydrogen-bond acceptors (Lipinski definition) is 4. The summed E-state index contributed by atoms with van der Waals surface area (Å²) in [7, 11) is 0. The second-order valence-electron chi connectivity index (χ2n) is 11.0. The minimum absolute atomic E-state index is 0.112. The minimum Gasteiger partial charge on any atom is -0.390 e. The molecular weight excluding hydrogens is 581 g/mol. The van der Waals surface area contributed by atoms with E-state index in [1.165, 1.54) is 18.2 Å². The van der Waals surface area contributed by atoms with E-state index in [0.29, 0.717) is 30.3 Å². The Hall–Kier alpha value is -3.83. The van der Waals surface area contributed by atoms with Crippen molar-refractivity contribution in [1.29, 1.82) is 0 Å². The number of halogens is 5. The molecule has 0 saturated heterocycles. The maximum absolute atomic E-state index is 13.9. The van der Waals surface area contributed by atoms with Gasteiger partial charge in [-0.25, -0.2) is 8.78 Å². The Bertz CT molecular complexity index is 1420. The summed E-state index contributed by atoms with van der Waals surface area (Å²) in [6, 6.07) is 10.9. The van der Waals surface area contributed by atoms with Gasteiger partial charge < -0.3 is 20.6 Å². The summed E-state index contributed by atoms with van der Waals surface area (Å²) in [6.07, 6.45) is -4.66. The standard InChI is InChI=1S/C33H38F5N3O3/c1-4-9-40(10-5-2)31(43)24-11-21(3)12-25(17-24)32(44)41(19-22-7-6-8-26(13-22)33(36,37)38)20-30(42)29(39)16-23-14-27(34)18-28(35)15-23/h6-8,11-15,17-18,29-30,42H,4-5,9-10,16,19-20,39H2,1-3H3/t29?,30-/m1/s1. The summed E-state index contributed by atoms with van der Waals surface area (Å²) in [5, 5.41) is 11.0. The number of benzene rings is 3. The van der Waals surface area contributed by atoms with E-state index in [0.717, 1.165) is 42.0 Å². The fourth-order valence-corrected chi connectivity index (χ4v) is 5.03. The van der Waals surface area contributed by atoms with Gasteiger partial charge in [0, 0.05) is 49.4 Å². The van der Waals surface area contributed by atoms with E-state index in [4.69, 9.17) is 5.73 Å². The molecule has 6 nitrogen and oxygen atoms in total. The van der Waals surface area contributed by atoms with Crippen LogP contribution in [0, 0.1) is 18.6 Å². The lowest BCUT2D eigenvalue weighted by Gasteiger charge is -2.29. The van der Waals surface area contributed by atoms with Gasteiger partial charge in [-0.05, 0) is 85.3 Å². The van der Waals surface area contributed by atoms with Crippen molar-refractivity contribution in [3.8, 4) is 0 Å². The molecule has 0 heterocycles. The van der Waals surface area contributed by atoms with Crippen molar-refractivity contribution in [2.45, 2.75) is 64.9 Å². The topological polar surface area (TPSA) is 86.9 Å². The van der Waals surface area contributed by atoms with Crippen LogP contribution in [0.2, 0.25) is 0 Å². The Morgan fingerprint density at radius 2 is 1.41 bits per heavy atom. The summed E-state index contributed by atoms with van der Waals surface area (Å²) >= 11 is 0. The molecule has 0 aliphatic rings. The van der Waals surface area contributed by atoms with Gasteiger partial charge in [0.05, 0.1) is 11.7 Å². The van der Waals surface area contributed by atoms with Crippen molar-refractivity contribution in [3.63, 3.8) is 0 Å². The van der Waals surface area contributed by atoms with E-state index in [1.807, 2.05) is 13.8 Å². The van der Waals surface area contributed by atoms with Crippen molar-refractivity contribution in [1.82, 2.24) is 9.80 Å². The zero-order valence-corrected chi connectivity index (χ0v) is 25.0. The van der Waals surface area contributed by atoms with Gasteiger partial charge in [-0.2, -0.15) is 13.2 Å². The summed E-state index contributed by atoms with van der Waals surface area (Å²) in [6.45, 7) is 5.98. The van der Waals surface area contributed by atoms with E-state index in [-0.39, 0.29) is 35.6 Å². The lowest BCUT2D eigenvalue weighted by atomic mass is 10.00. The largest absolute Gasteiger partial charge is 0.416 e. The first-order valence-corrected chi connectivity index (χ1v) is 14.5. The molecule has 0 aromatic heterocycles. The van der Waals surface area contributed by atoms with Crippen molar-refractivity contribution in [2.24, 2.45) is 5.73 Å². The van der Waals surface area contributed by atoms with Crippen LogP contribution in [0.5, 0.6) is 0 Å². The minimum atomic E-state index is -4.61. The van der Waals surface area contributed by atoms with Gasteiger partial charge in [-0.15, -0.1) is 0 Å². The molecule has 0 bridgehead atoms. The number of aliphatic hydroxyl groups is 1. The van der Waals surface area contributed by atoms with Crippen LogP contribution in [0.1, 0.15) is 69.7 Å². The second kappa shape index (κ2) is 15.3. The second-order valence-corrected chi connectivity index (χ2v) is 11.0. The molecule has 0 saturated carbocycles. The van der Waals surface area contributed by atoms with Crippen LogP contribution in [-0.2, 0) is 19.1 Å². The average Bonchev–Trinajstić information content (AvgIpc) is 2.94. The van der Waals surface area contributed by atoms with Gasteiger partial charge in [0.1, 0.15) is 11.6 Å². The number of aliphatic hydroxyl groups excluding tert-OH is 1. The Morgan fingerprint density at radius 1 is 0.841 bits per heavy atom. The van der Waals surface area contributed by atoms with E-state index >= 15 is 0 Å². The first-order chi connectivity index (χ1) is 20.7. The molecule has 0 spiro atoms. The molecule has 0 aliphatic carbocycles. The van der Waals surface area contributed by atoms with Crippen molar-refractivity contribution in [2.75, 3.05) is 19.6 Å². The predicted molar refractivity (Wildman–Crippen MR) is 158 cm³/mol. The van der Waals surface area contributed by atoms with Crippen LogP contribution in [0.25, 0.3) is 0 Å². The van der Waals surface area contributed by atoms with E-state index in [9.17, 15) is 36.6 Å². The summed E-state index contributed by atoms with van der Waals surface area (Å²) in [5.74, 6) is -2.52. The fourth-order valence-electron chi connectivity index (χ4n) is 5.03. The molecule has 238 valence electrons. The molecule has 3 aromatic rings. The van der Waals surface area contributed by atoms with Crippen molar-refractivity contribution >= 4 is 11.8 Å². The third-order valence-corrected chi connectivity index (χ3v) is 7.06. The summed E-state index contributed by atoms with van der Waals surface area (Å²) < 4.78 is 67.7. The maximum Gasteiger partial charge on any atom is 0.416 e. The predicted octanol–water partition coefficient (Wildman–Crippen LogP) is 6.13. The molecule has 2 atom stereocenters. The molecule has 0 radical (unpaired) electrons. The Morgan fingerprint density at radius 3 is 1.95 bits per heavy atom. The van der Waals surface area contributed by atoms with Gasteiger partial charge in [0.2, 0.25) is 0 Å². The molecular formula is C33H38F5N3O3. The molecule has 3 rings (SSSR count). The highest BCUT2D eigenvalue weighted by molar-refractivity contribution is 6.00. The first-order valence-electron chi connectivity index (χ1n) is 14.5. The summed E-state index contributed by atoms with van der Waals surface area (Å²) in [5.41, 5.74) is 6.63. The Balaban J connectivity index is 1.95. The van der Waals surface area contributed by atoms with Gasteiger partial charge in [-0.3, -0.25) is 9.59 Å². The number of nitrogens with two attached hydrogens (primary N) is 1. The number of alkyl halides is 3. The maximum atomic E-state index is 13.9. The average molecular weight is 620 g/mol. The van der Waals surface area contributed by atoms with E-state index in [2.05, 4.69) is 0 Å². The zero-order valence-electron chi connectivity index (χ0n) is 25.0. The van der Waals surface area contributed by atoms with Crippen molar-refractivity contribution < 1.29 is 36.6 Å². The molecule has 0 aliphatic heterocycles. The number of carbonyl (C=O) groups is 2. The highest BCUT2D eigenvalue weighted by Crippen LogP contribution is 2.30. The number of aryl methyl sites for hydroxylation is 1. The highest BCUT2D eigenvalue weighted by Gasteiger charge is 2.31. The third kappa shape index (κ3) is 9.59. The number of nitrogens with zero attached hydrogens (tertiary/aromatic N) is 2. The van der Waals surface area contributed by atoms with E-state index < -0.39 is 48.0 Å². The lowest BCUT2D eigenvalue weighted by molar-refractivity contribution is -0.137. The molecule has 3 aromatic carbocycles. The molecule has 44 heavy (non-hydrogen) atoms. The third-order valence-electron chi connectivity index (χ3n) is 7.06. The molecule has 1 unspecified atom stereocenters. The van der Waals surface area contributed by atoms with Crippen LogP contribution < -0.4 is 5.73 Å². The monoisotopic (exact) mass is 619 g/mol. The lowest BCUT2D eigenvalue weighted by Crippen LogP contribution is -2.46. The van der Waals surface area contributed by atoms with Crippen LogP contribution in [-0.4, -0.2) is 58.5 Å². The normalized spacial score (nSPS) is 13.0. The zero-order chi connectivity index (χ0) is 32.6.